The fraction of sp³-hybridized carbons (Fsp3) is 0. The first-order valence-corrected chi connectivity index (χ1v) is 14.3. The molecule has 4 aromatic carbocycles. The molecule has 0 atom stereocenters. The Hall–Kier alpha value is -3.57. The van der Waals surface area contributed by atoms with Crippen LogP contribution in [0.4, 0.5) is 17.1 Å². The second-order valence-electron chi connectivity index (χ2n) is 7.65. The number of para-hydroxylation sites is 1. The van der Waals surface area contributed by atoms with Gasteiger partial charge in [-0.05, 0) is 60.7 Å². The Morgan fingerprint density at radius 1 is 0.595 bits per heavy atom. The van der Waals surface area contributed by atoms with E-state index in [1.807, 2.05) is 0 Å². The van der Waals surface area contributed by atoms with E-state index in [4.69, 9.17) is 23.2 Å². The molecule has 4 aromatic rings. The van der Waals surface area contributed by atoms with Gasteiger partial charge in [-0.25, -0.2) is 16.8 Å². The Bertz CT molecular complexity index is 1660. The van der Waals surface area contributed by atoms with Gasteiger partial charge in [0.2, 0.25) is 0 Å². The van der Waals surface area contributed by atoms with Crippen LogP contribution in [-0.4, -0.2) is 22.7 Å². The van der Waals surface area contributed by atoms with Gasteiger partial charge in [-0.3, -0.25) is 14.2 Å². The number of carbonyl (C=O) groups excluding carboxylic acids is 1. The van der Waals surface area contributed by atoms with Crippen LogP contribution in [0, 0.1) is 0 Å². The molecule has 0 aliphatic carbocycles. The summed E-state index contributed by atoms with van der Waals surface area (Å²) in [4.78, 5) is 12.9. The molecule has 0 saturated carbocycles. The second-order valence-corrected chi connectivity index (χ2v) is 11.8. The van der Waals surface area contributed by atoms with Gasteiger partial charge >= 0.3 is 0 Å². The van der Waals surface area contributed by atoms with Gasteiger partial charge < -0.3 is 5.32 Å². The molecule has 0 radical (unpaired) electrons. The SMILES string of the molecule is O=C(Nc1ccc(S(=O)(=O)Nc2cccc(Cl)c2Cl)cc1)c1ccccc1NS(=O)(=O)c1ccccc1. The molecule has 37 heavy (non-hydrogen) atoms. The van der Waals surface area contributed by atoms with Gasteiger partial charge in [0.15, 0.2) is 0 Å². The number of nitrogens with one attached hydrogen (secondary N) is 3. The normalized spacial score (nSPS) is 11.5. The summed E-state index contributed by atoms with van der Waals surface area (Å²) in [5.74, 6) is -0.592. The number of hydrogen-bond acceptors (Lipinski definition) is 5. The van der Waals surface area contributed by atoms with E-state index in [0.29, 0.717) is 5.69 Å². The summed E-state index contributed by atoms with van der Waals surface area (Å²) in [6, 6.07) is 23.9. The lowest BCUT2D eigenvalue weighted by atomic mass is 10.1. The number of carbonyl (C=O) groups is 1. The number of hydrogen-bond donors (Lipinski definition) is 3. The Morgan fingerprint density at radius 3 is 1.81 bits per heavy atom. The Kier molecular flexibility index (Phi) is 7.74. The van der Waals surface area contributed by atoms with E-state index in [1.165, 1.54) is 60.7 Å². The molecule has 8 nitrogen and oxygen atoms in total. The van der Waals surface area contributed by atoms with Crippen LogP contribution in [0.2, 0.25) is 10.0 Å². The third-order valence-electron chi connectivity index (χ3n) is 5.09. The van der Waals surface area contributed by atoms with Crippen molar-refractivity contribution in [1.29, 1.82) is 0 Å². The minimum atomic E-state index is -3.99. The number of rotatable bonds is 8. The van der Waals surface area contributed by atoms with Crippen molar-refractivity contribution >= 4 is 66.2 Å². The zero-order valence-corrected chi connectivity index (χ0v) is 22.0. The van der Waals surface area contributed by atoms with Crippen LogP contribution in [0.25, 0.3) is 0 Å². The number of benzene rings is 4. The van der Waals surface area contributed by atoms with Crippen molar-refractivity contribution in [2.75, 3.05) is 14.8 Å². The average molecular weight is 576 g/mol. The zero-order chi connectivity index (χ0) is 26.6. The molecule has 0 spiro atoms. The highest BCUT2D eigenvalue weighted by atomic mass is 35.5. The van der Waals surface area contributed by atoms with Gasteiger partial charge in [0, 0.05) is 5.69 Å². The van der Waals surface area contributed by atoms with E-state index in [9.17, 15) is 21.6 Å². The maximum atomic E-state index is 12.9. The Balaban J connectivity index is 1.51. The van der Waals surface area contributed by atoms with Crippen LogP contribution in [0.15, 0.2) is 107 Å². The second kappa shape index (κ2) is 10.8. The zero-order valence-electron chi connectivity index (χ0n) is 18.9. The average Bonchev–Trinajstić information content (AvgIpc) is 2.87. The van der Waals surface area contributed by atoms with Crippen molar-refractivity contribution in [3.8, 4) is 0 Å². The van der Waals surface area contributed by atoms with Gasteiger partial charge in [0.05, 0.1) is 36.8 Å². The Morgan fingerprint density at radius 2 is 1.14 bits per heavy atom. The molecule has 0 bridgehead atoms. The van der Waals surface area contributed by atoms with Crippen molar-refractivity contribution in [2.45, 2.75) is 9.79 Å². The minimum absolute atomic E-state index is 0.0506. The van der Waals surface area contributed by atoms with E-state index < -0.39 is 26.0 Å². The molecule has 0 aliphatic heterocycles. The summed E-state index contributed by atoms with van der Waals surface area (Å²) in [6.45, 7) is 0. The molecular formula is C25H19Cl2N3O5S2. The van der Waals surface area contributed by atoms with Crippen LogP contribution < -0.4 is 14.8 Å². The predicted molar refractivity (Wildman–Crippen MR) is 145 cm³/mol. The fourth-order valence-electron chi connectivity index (χ4n) is 3.28. The summed E-state index contributed by atoms with van der Waals surface area (Å²) in [5, 5.41) is 2.91. The van der Waals surface area contributed by atoms with Crippen LogP contribution in [0.3, 0.4) is 0 Å². The topological polar surface area (TPSA) is 121 Å². The van der Waals surface area contributed by atoms with E-state index >= 15 is 0 Å². The van der Waals surface area contributed by atoms with Crippen molar-refractivity contribution in [3.05, 3.63) is 113 Å². The minimum Gasteiger partial charge on any atom is -0.322 e. The first kappa shape index (κ1) is 26.5. The largest absolute Gasteiger partial charge is 0.322 e. The molecular weight excluding hydrogens is 557 g/mol. The first-order valence-electron chi connectivity index (χ1n) is 10.6. The molecule has 190 valence electrons. The molecule has 0 unspecified atom stereocenters. The molecule has 0 aromatic heterocycles. The molecule has 0 fully saturated rings. The lowest BCUT2D eigenvalue weighted by molar-refractivity contribution is 0.102. The molecule has 4 rings (SSSR count). The van der Waals surface area contributed by atoms with Gasteiger partial charge in [0.1, 0.15) is 0 Å². The quantitative estimate of drug-likeness (QED) is 0.243. The monoisotopic (exact) mass is 575 g/mol. The van der Waals surface area contributed by atoms with E-state index in [2.05, 4.69) is 14.8 Å². The van der Waals surface area contributed by atoms with Crippen molar-refractivity contribution in [2.24, 2.45) is 0 Å². The van der Waals surface area contributed by atoms with E-state index in [-0.39, 0.29) is 36.8 Å². The third-order valence-corrected chi connectivity index (χ3v) is 8.67. The lowest BCUT2D eigenvalue weighted by Gasteiger charge is -2.13. The lowest BCUT2D eigenvalue weighted by Crippen LogP contribution is -2.18. The fourth-order valence-corrected chi connectivity index (χ4v) is 5.85. The molecule has 0 aliphatic rings. The first-order chi connectivity index (χ1) is 17.6. The predicted octanol–water partition coefficient (Wildman–Crippen LogP) is 5.85. The van der Waals surface area contributed by atoms with E-state index in [1.54, 1.807) is 36.4 Å². The summed E-state index contributed by atoms with van der Waals surface area (Å²) < 4.78 is 55.7. The van der Waals surface area contributed by atoms with Crippen LogP contribution in [-0.2, 0) is 20.0 Å². The molecule has 3 N–H and O–H groups in total. The maximum Gasteiger partial charge on any atom is 0.261 e. The number of sulfonamides is 2. The summed E-state index contributed by atoms with van der Waals surface area (Å²) in [5.41, 5.74) is 0.591. The van der Waals surface area contributed by atoms with Crippen molar-refractivity contribution in [1.82, 2.24) is 0 Å². The highest BCUT2D eigenvalue weighted by Crippen LogP contribution is 2.31. The molecule has 0 heterocycles. The summed E-state index contributed by atoms with van der Waals surface area (Å²) in [6.07, 6.45) is 0. The highest BCUT2D eigenvalue weighted by molar-refractivity contribution is 7.93. The van der Waals surface area contributed by atoms with Gasteiger partial charge in [-0.15, -0.1) is 0 Å². The van der Waals surface area contributed by atoms with Crippen molar-refractivity contribution in [3.63, 3.8) is 0 Å². The highest BCUT2D eigenvalue weighted by Gasteiger charge is 2.20. The summed E-state index contributed by atoms with van der Waals surface area (Å²) in [7, 11) is -7.90. The van der Waals surface area contributed by atoms with Gasteiger partial charge in [-0.1, -0.05) is 59.6 Å². The number of amides is 1. The summed E-state index contributed by atoms with van der Waals surface area (Å²) >= 11 is 12.0. The maximum absolute atomic E-state index is 12.9. The third kappa shape index (κ3) is 6.23. The smallest absolute Gasteiger partial charge is 0.261 e. The van der Waals surface area contributed by atoms with Gasteiger partial charge in [0.25, 0.3) is 26.0 Å². The standard InChI is InChI=1S/C25H19Cl2N3O5S2/c26-21-10-6-12-23(24(21)27)30-37(34,35)19-15-13-17(14-16-19)28-25(31)20-9-4-5-11-22(20)29-36(32,33)18-7-2-1-3-8-18/h1-16,29-30H,(H,28,31). The molecule has 0 saturated heterocycles. The Labute approximate surface area is 224 Å². The molecule has 1 amide bonds. The van der Waals surface area contributed by atoms with Crippen molar-refractivity contribution < 1.29 is 21.6 Å². The number of anilines is 3. The van der Waals surface area contributed by atoms with Gasteiger partial charge in [-0.2, -0.15) is 0 Å². The molecule has 12 heteroatoms. The number of halogens is 2. The van der Waals surface area contributed by atoms with Crippen LogP contribution in [0.5, 0.6) is 0 Å². The van der Waals surface area contributed by atoms with E-state index in [0.717, 1.165) is 0 Å². The van der Waals surface area contributed by atoms with Crippen LogP contribution >= 0.6 is 23.2 Å². The van der Waals surface area contributed by atoms with Crippen LogP contribution in [0.1, 0.15) is 10.4 Å².